The van der Waals surface area contributed by atoms with E-state index < -0.39 is 97.5 Å². The fraction of sp³-hybridized carbons (Fsp3) is 0.943. The molecule has 0 aliphatic heterocycles. The van der Waals surface area contributed by atoms with Crippen LogP contribution in [0.25, 0.3) is 0 Å². The van der Waals surface area contributed by atoms with Crippen LogP contribution in [0.5, 0.6) is 0 Å². The molecular weight excluding hydrogens is 1170 g/mol. The molecule has 0 aliphatic carbocycles. The summed E-state index contributed by atoms with van der Waals surface area (Å²) in [7, 11) is -9.89. The van der Waals surface area contributed by atoms with E-state index >= 15 is 0 Å². The Kier molecular flexibility index (Phi) is 62.1. The predicted molar refractivity (Wildman–Crippen MR) is 358 cm³/mol. The van der Waals surface area contributed by atoms with Crippen molar-refractivity contribution in [2.24, 2.45) is 5.92 Å². The Morgan fingerprint density at radius 2 is 0.517 bits per heavy atom. The van der Waals surface area contributed by atoms with Gasteiger partial charge in [-0.1, -0.05) is 311 Å². The average Bonchev–Trinajstić information content (AvgIpc) is 3.71. The number of phosphoric acid groups is 2. The van der Waals surface area contributed by atoms with Crippen LogP contribution in [0.15, 0.2) is 0 Å². The van der Waals surface area contributed by atoms with Gasteiger partial charge >= 0.3 is 39.5 Å². The van der Waals surface area contributed by atoms with E-state index in [4.69, 9.17) is 37.0 Å². The smallest absolute Gasteiger partial charge is 0.462 e. The Morgan fingerprint density at radius 1 is 0.303 bits per heavy atom. The molecule has 0 saturated carbocycles. The number of rotatable bonds is 70. The minimum absolute atomic E-state index is 0.106. The number of phosphoric ester groups is 2. The third-order valence-corrected chi connectivity index (χ3v) is 18.2. The van der Waals surface area contributed by atoms with Gasteiger partial charge in [-0.3, -0.25) is 37.3 Å². The van der Waals surface area contributed by atoms with Gasteiger partial charge in [0.15, 0.2) is 12.2 Å². The Hall–Kier alpha value is -1.94. The summed E-state index contributed by atoms with van der Waals surface area (Å²) in [5.41, 5.74) is 0. The lowest BCUT2D eigenvalue weighted by Gasteiger charge is -2.21. The molecule has 0 aromatic heterocycles. The second kappa shape index (κ2) is 63.5. The number of hydrogen-bond acceptors (Lipinski definition) is 15. The number of ether oxygens (including phenoxy) is 4. The second-order valence-electron chi connectivity index (χ2n) is 25.7. The minimum Gasteiger partial charge on any atom is -0.462 e. The maximum absolute atomic E-state index is 13.0. The molecule has 0 bridgehead atoms. The first-order valence-electron chi connectivity index (χ1n) is 36.6. The minimum atomic E-state index is -4.95. The summed E-state index contributed by atoms with van der Waals surface area (Å²) in [5.74, 6) is -1.42. The molecule has 2 unspecified atom stereocenters. The van der Waals surface area contributed by atoms with Gasteiger partial charge in [0.2, 0.25) is 0 Å². The summed E-state index contributed by atoms with van der Waals surface area (Å²) >= 11 is 0. The molecule has 528 valence electrons. The summed E-state index contributed by atoms with van der Waals surface area (Å²) < 4.78 is 68.1. The van der Waals surface area contributed by atoms with Crippen LogP contribution in [0.4, 0.5) is 0 Å². The number of unbranched alkanes of at least 4 members (excludes halogenated alkanes) is 42. The molecule has 5 atom stereocenters. The summed E-state index contributed by atoms with van der Waals surface area (Å²) in [6.45, 7) is 7.15. The molecule has 0 heterocycles. The van der Waals surface area contributed by atoms with Crippen molar-refractivity contribution >= 4 is 39.5 Å². The SMILES string of the molecule is CCCCCCCCCCCCCCCCCCCCCCCC(=O)O[C@H](COC(=O)CCCCCCCCCC(C)C)COP(=O)(O)OC[C@@H](O)COP(=O)(O)OC[C@@H](COC(=O)CCCCCCCCCC)OC(=O)CCCCCCCCCCCC. The number of hydrogen-bond donors (Lipinski definition) is 3. The zero-order chi connectivity index (χ0) is 65.6. The Morgan fingerprint density at radius 3 is 0.764 bits per heavy atom. The standard InChI is InChI=1S/C70H136O17P2/c1-6-9-12-15-18-21-23-24-25-26-27-28-29-30-31-32-33-35-40-46-51-56-70(75)87-66(60-81-68(73)54-49-44-41-36-37-42-47-52-63(4)5)62-85-89(78,79)83-58-64(71)57-82-88(76,77)84-61-65(59-80-67(72)53-48-43-38-20-17-14-11-8-3)86-69(74)55-50-45-39-34-22-19-16-13-10-7-2/h63-66,71H,6-62H2,1-5H3,(H,76,77)(H,78,79)/t64-,65+,66+/m0/s1. The van der Waals surface area contributed by atoms with Crippen LogP contribution in [0.3, 0.4) is 0 Å². The van der Waals surface area contributed by atoms with Crippen LogP contribution in [0.2, 0.25) is 0 Å². The third-order valence-electron chi connectivity index (χ3n) is 16.3. The Bertz CT molecular complexity index is 1720. The Labute approximate surface area is 543 Å². The first-order valence-corrected chi connectivity index (χ1v) is 39.6. The molecular formula is C70H136O17P2. The van der Waals surface area contributed by atoms with Crippen molar-refractivity contribution < 1.29 is 80.2 Å². The zero-order valence-electron chi connectivity index (χ0n) is 57.6. The molecule has 0 saturated heterocycles. The molecule has 3 N–H and O–H groups in total. The molecule has 89 heavy (non-hydrogen) atoms. The lowest BCUT2D eigenvalue weighted by Crippen LogP contribution is -2.30. The first-order chi connectivity index (χ1) is 43.0. The first kappa shape index (κ1) is 87.1. The fourth-order valence-corrected chi connectivity index (χ4v) is 12.2. The fourth-order valence-electron chi connectivity index (χ4n) is 10.6. The largest absolute Gasteiger partial charge is 0.472 e. The molecule has 0 spiro atoms. The zero-order valence-corrected chi connectivity index (χ0v) is 59.4. The van der Waals surface area contributed by atoms with Gasteiger partial charge in [0.05, 0.1) is 26.4 Å². The van der Waals surface area contributed by atoms with Crippen LogP contribution in [-0.4, -0.2) is 96.7 Å². The van der Waals surface area contributed by atoms with Crippen molar-refractivity contribution in [1.29, 1.82) is 0 Å². The van der Waals surface area contributed by atoms with E-state index in [2.05, 4.69) is 34.6 Å². The number of esters is 4. The second-order valence-corrected chi connectivity index (χ2v) is 28.7. The summed E-state index contributed by atoms with van der Waals surface area (Å²) in [5, 5.41) is 10.6. The normalized spacial score (nSPS) is 14.1. The molecule has 0 aliphatic rings. The van der Waals surface area contributed by atoms with Crippen molar-refractivity contribution in [2.75, 3.05) is 39.6 Å². The van der Waals surface area contributed by atoms with E-state index in [0.717, 1.165) is 103 Å². The number of carbonyl (C=O) groups excluding carboxylic acids is 4. The van der Waals surface area contributed by atoms with Gasteiger partial charge in [0.25, 0.3) is 0 Å². The highest BCUT2D eigenvalue weighted by molar-refractivity contribution is 7.47. The van der Waals surface area contributed by atoms with Gasteiger partial charge in [-0.25, -0.2) is 9.13 Å². The maximum atomic E-state index is 13.0. The highest BCUT2D eigenvalue weighted by Gasteiger charge is 2.30. The lowest BCUT2D eigenvalue weighted by atomic mass is 10.0. The van der Waals surface area contributed by atoms with Crippen molar-refractivity contribution in [3.63, 3.8) is 0 Å². The number of carbonyl (C=O) groups is 4. The molecule has 19 heteroatoms. The van der Waals surface area contributed by atoms with Gasteiger partial charge in [-0.2, -0.15) is 0 Å². The van der Waals surface area contributed by atoms with Gasteiger partial charge < -0.3 is 33.8 Å². The molecule has 0 rings (SSSR count). The van der Waals surface area contributed by atoms with E-state index in [9.17, 15) is 43.2 Å². The molecule has 0 radical (unpaired) electrons. The summed E-state index contributed by atoms with van der Waals surface area (Å²) in [4.78, 5) is 72.3. The lowest BCUT2D eigenvalue weighted by molar-refractivity contribution is -0.161. The van der Waals surface area contributed by atoms with E-state index in [1.165, 1.54) is 173 Å². The molecule has 0 aromatic rings. The van der Waals surface area contributed by atoms with Crippen molar-refractivity contribution in [3.05, 3.63) is 0 Å². The maximum Gasteiger partial charge on any atom is 0.472 e. The van der Waals surface area contributed by atoms with Gasteiger partial charge in [0.1, 0.15) is 19.3 Å². The van der Waals surface area contributed by atoms with Crippen LogP contribution in [-0.2, 0) is 65.4 Å². The molecule has 0 amide bonds. The van der Waals surface area contributed by atoms with Gasteiger partial charge in [-0.15, -0.1) is 0 Å². The number of aliphatic hydroxyl groups excluding tert-OH is 1. The van der Waals surface area contributed by atoms with Crippen molar-refractivity contribution in [1.82, 2.24) is 0 Å². The molecule has 17 nitrogen and oxygen atoms in total. The topological polar surface area (TPSA) is 237 Å². The molecule has 0 fully saturated rings. The summed E-state index contributed by atoms with van der Waals surface area (Å²) in [6, 6.07) is 0. The monoisotopic (exact) mass is 1310 g/mol. The van der Waals surface area contributed by atoms with Crippen molar-refractivity contribution in [2.45, 2.75) is 380 Å². The summed E-state index contributed by atoms with van der Waals surface area (Å²) in [6.07, 6.45) is 50.3. The molecule has 0 aromatic carbocycles. The van der Waals surface area contributed by atoms with Gasteiger partial charge in [0, 0.05) is 25.7 Å². The van der Waals surface area contributed by atoms with Crippen LogP contribution in [0, 0.1) is 5.92 Å². The number of aliphatic hydroxyl groups is 1. The average molecular weight is 1310 g/mol. The highest BCUT2D eigenvalue weighted by atomic mass is 31.2. The predicted octanol–water partition coefficient (Wildman–Crippen LogP) is 20.1. The quantitative estimate of drug-likeness (QED) is 0.0222. The van der Waals surface area contributed by atoms with E-state index in [1.54, 1.807) is 0 Å². The Balaban J connectivity index is 5.12. The highest BCUT2D eigenvalue weighted by Crippen LogP contribution is 2.45. The van der Waals surface area contributed by atoms with E-state index in [1.807, 2.05) is 0 Å². The van der Waals surface area contributed by atoms with Gasteiger partial charge in [-0.05, 0) is 31.6 Å². The van der Waals surface area contributed by atoms with Crippen LogP contribution < -0.4 is 0 Å². The van der Waals surface area contributed by atoms with E-state index in [0.29, 0.717) is 31.6 Å². The van der Waals surface area contributed by atoms with Crippen LogP contribution >= 0.6 is 15.6 Å². The van der Waals surface area contributed by atoms with Crippen LogP contribution in [0.1, 0.15) is 362 Å². The van der Waals surface area contributed by atoms with Crippen molar-refractivity contribution in [3.8, 4) is 0 Å². The third kappa shape index (κ3) is 64.6. The van der Waals surface area contributed by atoms with E-state index in [-0.39, 0.29) is 25.7 Å².